The molecule has 0 saturated carbocycles. The third-order valence-electron chi connectivity index (χ3n) is 6.58. The fourth-order valence-corrected chi connectivity index (χ4v) is 4.72. The third kappa shape index (κ3) is 13.9. The lowest BCUT2D eigenvalue weighted by Gasteiger charge is -2.19. The Morgan fingerprint density at radius 3 is 1.93 bits per heavy atom. The SMILES string of the molecule is CNC(=O)/C(=N/OC)c1ccccc1CO/N=C(C)/C(=N/OC)C(/C)=N/OC.O=C(NC(=O)c1c(F)cccc1F)Nc1cc(Cl)c(OC(F)(F)C(F)F)c(Cl)c1. The molecule has 3 aromatic carbocycles. The molecule has 0 radical (unpaired) electrons. The van der Waals surface area contributed by atoms with Gasteiger partial charge in [0.25, 0.3) is 11.8 Å². The topological polar surface area (TPSA) is 183 Å². The summed E-state index contributed by atoms with van der Waals surface area (Å²) in [6.07, 6.45) is -9.04. The highest BCUT2D eigenvalue weighted by atomic mass is 35.5. The van der Waals surface area contributed by atoms with Gasteiger partial charge in [0.1, 0.15) is 56.6 Å². The lowest BCUT2D eigenvalue weighted by atomic mass is 10.0. The van der Waals surface area contributed by atoms with Gasteiger partial charge in [0.05, 0.1) is 10.0 Å². The molecule has 0 aliphatic carbocycles. The third-order valence-corrected chi connectivity index (χ3v) is 7.14. The number of amides is 4. The predicted molar refractivity (Wildman–Crippen MR) is 197 cm³/mol. The van der Waals surface area contributed by atoms with Crippen LogP contribution >= 0.6 is 23.2 Å². The quantitative estimate of drug-likeness (QED) is 0.0817. The zero-order chi connectivity index (χ0) is 42.9. The van der Waals surface area contributed by atoms with Gasteiger partial charge in [-0.1, -0.05) is 74.2 Å². The van der Waals surface area contributed by atoms with Crippen molar-refractivity contribution in [1.29, 1.82) is 0 Å². The first-order valence-corrected chi connectivity index (χ1v) is 16.4. The van der Waals surface area contributed by atoms with Crippen molar-refractivity contribution >= 4 is 69.6 Å². The number of benzene rings is 3. The molecule has 4 amide bonds. The van der Waals surface area contributed by atoms with Crippen LogP contribution in [-0.2, 0) is 30.8 Å². The Bertz CT molecular complexity index is 1990. The number of likely N-dealkylation sites (N-methyl/N-ethyl adjacent to an activating group) is 1. The van der Waals surface area contributed by atoms with Crippen molar-refractivity contribution in [3.05, 3.63) is 93.0 Å². The highest BCUT2D eigenvalue weighted by Crippen LogP contribution is 2.40. The van der Waals surface area contributed by atoms with Crippen LogP contribution in [0.5, 0.6) is 5.75 Å². The Morgan fingerprint density at radius 1 is 0.825 bits per heavy atom. The largest absolute Gasteiger partial charge is 0.461 e. The average Bonchev–Trinajstić information content (AvgIpc) is 3.14. The molecule has 0 aliphatic rings. The average molecular weight is 853 g/mol. The number of oxime groups is 4. The summed E-state index contributed by atoms with van der Waals surface area (Å²) in [6, 6.07) is 10.1. The van der Waals surface area contributed by atoms with E-state index in [1.807, 2.05) is 11.4 Å². The van der Waals surface area contributed by atoms with Crippen LogP contribution in [0.1, 0.15) is 35.3 Å². The second-order valence-corrected chi connectivity index (χ2v) is 11.3. The van der Waals surface area contributed by atoms with Gasteiger partial charge >= 0.3 is 18.6 Å². The van der Waals surface area contributed by atoms with Gasteiger partial charge < -0.3 is 34.7 Å². The van der Waals surface area contributed by atoms with Crippen molar-refractivity contribution in [2.75, 3.05) is 33.7 Å². The van der Waals surface area contributed by atoms with Crippen molar-refractivity contribution in [2.24, 2.45) is 20.6 Å². The van der Waals surface area contributed by atoms with E-state index in [4.69, 9.17) is 42.6 Å². The van der Waals surface area contributed by atoms with E-state index >= 15 is 0 Å². The smallest absolute Gasteiger partial charge is 0.425 e. The fourth-order valence-electron chi connectivity index (χ4n) is 4.16. The van der Waals surface area contributed by atoms with E-state index in [9.17, 15) is 40.7 Å². The molecule has 0 saturated heterocycles. The molecule has 0 aromatic heterocycles. The van der Waals surface area contributed by atoms with Crippen LogP contribution in [0.4, 0.5) is 36.8 Å². The normalized spacial score (nSPS) is 12.2. The molecule has 0 fully saturated rings. The molecule has 0 heterocycles. The zero-order valence-corrected chi connectivity index (χ0v) is 32.1. The van der Waals surface area contributed by atoms with E-state index in [-0.39, 0.29) is 23.9 Å². The molecule has 23 heteroatoms. The Labute approximate surface area is 330 Å². The minimum Gasteiger partial charge on any atom is -0.425 e. The van der Waals surface area contributed by atoms with Gasteiger partial charge in [-0.25, -0.2) is 13.6 Å². The highest BCUT2D eigenvalue weighted by Gasteiger charge is 2.45. The number of halogens is 8. The van der Waals surface area contributed by atoms with Gasteiger partial charge in [-0.2, -0.15) is 17.6 Å². The van der Waals surface area contributed by atoms with Gasteiger partial charge in [0.15, 0.2) is 17.2 Å². The maximum atomic E-state index is 13.5. The molecule has 3 N–H and O–H groups in total. The molecule has 0 aliphatic heterocycles. The van der Waals surface area contributed by atoms with E-state index in [1.54, 1.807) is 37.4 Å². The van der Waals surface area contributed by atoms with Crippen molar-refractivity contribution in [3.8, 4) is 5.75 Å². The molecule has 0 unspecified atom stereocenters. The standard InChI is InChI=1S/C18H25N5O5.C16H8Cl2F6N2O3/c1-12(20-25-4)16(22-26-5)13(2)21-28-11-14-9-7-8-10-15(14)17(23-27-6)18(24)19-3;17-7-4-6(5-8(18)12(7)29-16(23,24)14(21)22)25-15(28)26-13(27)11-9(19)2-1-3-10(11)20/h7-10H,11H2,1-6H3,(H,19,24);1-5,14H,(H2,25,26,27,28)/b20-12+,21-13+,22-16+,23-17+;. The fraction of sp³-hybridized carbons (Fsp3) is 0.265. The predicted octanol–water partition coefficient (Wildman–Crippen LogP) is 7.17. The molecular formula is C34H33Cl2F6N7O8. The first kappa shape index (κ1) is 47.1. The minimum atomic E-state index is -4.88. The van der Waals surface area contributed by atoms with Gasteiger partial charge in [-0.05, 0) is 38.1 Å². The van der Waals surface area contributed by atoms with Crippen molar-refractivity contribution in [2.45, 2.75) is 33.0 Å². The van der Waals surface area contributed by atoms with E-state index in [0.29, 0.717) is 28.3 Å². The Hall–Kier alpha value is -6.09. The van der Waals surface area contributed by atoms with E-state index in [0.717, 1.165) is 30.3 Å². The molecule has 57 heavy (non-hydrogen) atoms. The Kier molecular flexibility index (Phi) is 18.5. The minimum absolute atomic E-state index is 0.0912. The summed E-state index contributed by atoms with van der Waals surface area (Å²) in [4.78, 5) is 55.5. The number of imide groups is 1. The monoisotopic (exact) mass is 851 g/mol. The molecule has 3 aromatic rings. The van der Waals surface area contributed by atoms with Crippen LogP contribution in [0.25, 0.3) is 0 Å². The van der Waals surface area contributed by atoms with Gasteiger partial charge in [0, 0.05) is 23.9 Å². The first-order chi connectivity index (χ1) is 26.9. The number of urea groups is 1. The van der Waals surface area contributed by atoms with Crippen molar-refractivity contribution in [1.82, 2.24) is 10.6 Å². The van der Waals surface area contributed by atoms with Gasteiger partial charge in [-0.3, -0.25) is 14.9 Å². The molecular weight excluding hydrogens is 819 g/mol. The van der Waals surface area contributed by atoms with Gasteiger partial charge in [-0.15, -0.1) is 0 Å². The maximum Gasteiger partial charge on any atom is 0.461 e. The second kappa shape index (κ2) is 22.5. The van der Waals surface area contributed by atoms with Crippen LogP contribution < -0.4 is 20.7 Å². The second-order valence-electron chi connectivity index (χ2n) is 10.5. The molecule has 0 atom stereocenters. The van der Waals surface area contributed by atoms with Crippen LogP contribution in [0.15, 0.2) is 75.2 Å². The number of carbonyl (C=O) groups is 3. The van der Waals surface area contributed by atoms with E-state index < -0.39 is 57.5 Å². The summed E-state index contributed by atoms with van der Waals surface area (Å²) in [6.45, 7) is 3.49. The van der Waals surface area contributed by atoms with Crippen LogP contribution in [0.2, 0.25) is 10.0 Å². The summed E-state index contributed by atoms with van der Waals surface area (Å²) in [7, 11) is 5.73. The van der Waals surface area contributed by atoms with Crippen molar-refractivity contribution < 1.29 is 64.8 Å². The number of nitrogens with zero attached hydrogens (tertiary/aromatic N) is 4. The number of carbonyl (C=O) groups excluding carboxylic acids is 3. The summed E-state index contributed by atoms with van der Waals surface area (Å²) < 4.78 is 81.3. The summed E-state index contributed by atoms with van der Waals surface area (Å²) in [5.74, 6) is -5.21. The van der Waals surface area contributed by atoms with Crippen LogP contribution in [-0.4, -0.2) is 81.6 Å². The molecule has 308 valence electrons. The Morgan fingerprint density at radius 2 is 1.39 bits per heavy atom. The number of nitrogens with one attached hydrogen (secondary N) is 3. The van der Waals surface area contributed by atoms with Crippen LogP contribution in [0.3, 0.4) is 0 Å². The lowest BCUT2D eigenvalue weighted by molar-refractivity contribution is -0.253. The molecule has 3 rings (SSSR count). The Balaban J connectivity index is 0.000000394. The summed E-state index contributed by atoms with van der Waals surface area (Å²) >= 11 is 11.3. The number of rotatable bonds is 15. The van der Waals surface area contributed by atoms with Crippen LogP contribution in [0, 0.1) is 11.6 Å². The summed E-state index contributed by atoms with van der Waals surface area (Å²) in [5, 5.41) is 20.4. The number of anilines is 1. The molecule has 15 nitrogen and oxygen atoms in total. The van der Waals surface area contributed by atoms with E-state index in [2.05, 4.69) is 30.7 Å². The zero-order valence-electron chi connectivity index (χ0n) is 30.6. The van der Waals surface area contributed by atoms with Crippen molar-refractivity contribution in [3.63, 3.8) is 0 Å². The number of hydrogen-bond donors (Lipinski definition) is 3. The highest BCUT2D eigenvalue weighted by molar-refractivity contribution is 6.67. The number of ether oxygens (including phenoxy) is 1. The first-order valence-electron chi connectivity index (χ1n) is 15.6. The summed E-state index contributed by atoms with van der Waals surface area (Å²) in [5.41, 5.74) is 1.41. The molecule has 0 spiro atoms. The maximum absolute atomic E-state index is 13.5. The van der Waals surface area contributed by atoms with Gasteiger partial charge in [0.2, 0.25) is 0 Å². The van der Waals surface area contributed by atoms with E-state index in [1.165, 1.54) is 28.4 Å². The molecule has 0 bridgehead atoms. The number of alkyl halides is 4. The lowest BCUT2D eigenvalue weighted by Crippen LogP contribution is -2.35. The number of hydrogen-bond acceptors (Lipinski definition) is 12.